The van der Waals surface area contributed by atoms with Gasteiger partial charge in [0.1, 0.15) is 24.2 Å². The smallest absolute Gasteiger partial charge is 0.410 e. The summed E-state index contributed by atoms with van der Waals surface area (Å²) >= 11 is 0. The molecule has 1 aromatic carbocycles. The molecule has 6 atom stereocenters. The molecule has 16 heteroatoms. The quantitative estimate of drug-likeness (QED) is 0.112. The Labute approximate surface area is 335 Å². The first-order chi connectivity index (χ1) is 27.1. The Balaban J connectivity index is 1.50. The molecule has 16 nitrogen and oxygen atoms in total. The van der Waals surface area contributed by atoms with Crippen molar-refractivity contribution >= 4 is 41.5 Å². The number of aliphatic hydroxyl groups is 1. The highest BCUT2D eigenvalue weighted by Crippen LogP contribution is 2.26. The molecule has 2 heterocycles. The number of amides is 7. The molecule has 0 aromatic heterocycles. The first kappa shape index (κ1) is 45.0. The molecule has 7 amide bonds. The van der Waals surface area contributed by atoms with Crippen molar-refractivity contribution in [2.75, 3.05) is 20.1 Å². The second kappa shape index (κ2) is 21.1. The van der Waals surface area contributed by atoms with Crippen LogP contribution in [0.2, 0.25) is 0 Å². The third-order valence-corrected chi connectivity index (χ3v) is 10.8. The lowest BCUT2D eigenvalue weighted by molar-refractivity contribution is -0.144. The average molecular weight is 798 g/mol. The Bertz CT molecular complexity index is 1600. The van der Waals surface area contributed by atoms with Gasteiger partial charge >= 0.3 is 6.09 Å². The highest BCUT2D eigenvalue weighted by atomic mass is 16.6. The zero-order chi connectivity index (χ0) is 41.8. The number of rotatable bonds is 19. The van der Waals surface area contributed by atoms with Crippen molar-refractivity contribution in [1.29, 1.82) is 0 Å². The van der Waals surface area contributed by atoms with Crippen molar-refractivity contribution in [1.82, 2.24) is 36.4 Å². The lowest BCUT2D eigenvalue weighted by Crippen LogP contribution is -2.60. The minimum atomic E-state index is -1.52. The van der Waals surface area contributed by atoms with E-state index in [0.29, 0.717) is 45.2 Å². The normalized spacial score (nSPS) is 19.8. The van der Waals surface area contributed by atoms with E-state index in [1.807, 2.05) is 31.2 Å². The fourth-order valence-corrected chi connectivity index (χ4v) is 7.25. The second-order valence-electron chi connectivity index (χ2n) is 16.2. The van der Waals surface area contributed by atoms with Crippen molar-refractivity contribution in [3.63, 3.8) is 0 Å². The van der Waals surface area contributed by atoms with Crippen LogP contribution in [0.4, 0.5) is 4.79 Å². The van der Waals surface area contributed by atoms with Gasteiger partial charge in [0, 0.05) is 45.4 Å². The number of aliphatic hydroxyl groups excluding tert-OH is 1. The molecule has 1 aromatic rings. The molecule has 0 radical (unpaired) electrons. The van der Waals surface area contributed by atoms with Gasteiger partial charge in [-0.2, -0.15) is 0 Å². The van der Waals surface area contributed by atoms with E-state index in [9.17, 15) is 38.7 Å². The van der Waals surface area contributed by atoms with Gasteiger partial charge < -0.3 is 46.2 Å². The number of benzene rings is 1. The van der Waals surface area contributed by atoms with Crippen molar-refractivity contribution in [2.24, 2.45) is 11.8 Å². The number of hydrogen-bond donors (Lipinski definition) is 6. The number of carbonyl (C=O) groups excluding carboxylic acids is 7. The Morgan fingerprint density at radius 2 is 1.51 bits per heavy atom. The van der Waals surface area contributed by atoms with Crippen molar-refractivity contribution < 1.29 is 43.4 Å². The highest BCUT2D eigenvalue weighted by Gasteiger charge is 2.46. The number of nitrogens with one attached hydrogen (secondary N) is 5. The van der Waals surface area contributed by atoms with E-state index < -0.39 is 72.0 Å². The molecular weight excluding hydrogens is 734 g/mol. The molecule has 0 bridgehead atoms. The standard InChI is InChI=1S/C41H63N7O9/c1-7-12-30(36(51)39(54)43-28-17-18-28)44-37(52)31-21-29(57-41(56)47-20-19-26-13-8-9-14-27(26)22-47)23-48(31)40(55)35(25(4)5)46-38(53)34(24(2)3)45-33(50)16-11-10-15-32(49)42-6/h8-9,13-14,24-25,28-31,34-36,51H,7,10-12,15-23H2,1-6H3,(H,42,49)(H,43,54)(H,44,52)(H,45,50)(H,46,53)/t29?,30?,31-,34-,35-,36?/m0/s1. The number of ether oxygens (including phenoxy) is 1. The van der Waals surface area contributed by atoms with Gasteiger partial charge in [-0.05, 0) is 61.5 Å². The molecule has 1 aliphatic carbocycles. The minimum absolute atomic E-state index is 0.00366. The van der Waals surface area contributed by atoms with E-state index in [4.69, 9.17) is 4.74 Å². The van der Waals surface area contributed by atoms with Crippen molar-refractivity contribution in [2.45, 2.75) is 148 Å². The Morgan fingerprint density at radius 1 is 0.860 bits per heavy atom. The first-order valence-corrected chi connectivity index (χ1v) is 20.5. The maximum Gasteiger partial charge on any atom is 0.410 e. The van der Waals surface area contributed by atoms with Crippen molar-refractivity contribution in [3.05, 3.63) is 35.4 Å². The molecule has 6 N–H and O–H groups in total. The molecule has 2 aliphatic heterocycles. The van der Waals surface area contributed by atoms with E-state index >= 15 is 0 Å². The summed E-state index contributed by atoms with van der Waals surface area (Å²) in [6, 6.07) is 3.69. The Morgan fingerprint density at radius 3 is 2.12 bits per heavy atom. The molecule has 1 saturated heterocycles. The number of likely N-dealkylation sites (tertiary alicyclic amines) is 1. The van der Waals surface area contributed by atoms with Crippen LogP contribution in [0.15, 0.2) is 24.3 Å². The van der Waals surface area contributed by atoms with Crippen LogP contribution in [0, 0.1) is 11.8 Å². The summed E-state index contributed by atoms with van der Waals surface area (Å²) < 4.78 is 5.95. The summed E-state index contributed by atoms with van der Waals surface area (Å²) in [5, 5.41) is 24.7. The third-order valence-electron chi connectivity index (χ3n) is 10.8. The first-order valence-electron chi connectivity index (χ1n) is 20.5. The zero-order valence-corrected chi connectivity index (χ0v) is 34.3. The summed E-state index contributed by atoms with van der Waals surface area (Å²) in [5.74, 6) is -3.62. The van der Waals surface area contributed by atoms with E-state index in [1.165, 1.54) is 4.90 Å². The summed E-state index contributed by atoms with van der Waals surface area (Å²) in [5.41, 5.74) is 2.17. The van der Waals surface area contributed by atoms with Gasteiger partial charge in [0.05, 0.1) is 12.6 Å². The largest absolute Gasteiger partial charge is 0.444 e. The fourth-order valence-electron chi connectivity index (χ4n) is 7.25. The maximum absolute atomic E-state index is 14.5. The summed E-state index contributed by atoms with van der Waals surface area (Å²) in [7, 11) is 1.55. The number of hydrogen-bond acceptors (Lipinski definition) is 9. The van der Waals surface area contributed by atoms with E-state index in [-0.39, 0.29) is 49.6 Å². The lowest BCUT2D eigenvalue weighted by atomic mass is 9.98. The topological polar surface area (TPSA) is 216 Å². The number of carbonyl (C=O) groups is 7. The molecular formula is C41H63N7O9. The van der Waals surface area contributed by atoms with Crippen LogP contribution in [0.25, 0.3) is 0 Å². The molecule has 4 rings (SSSR count). The van der Waals surface area contributed by atoms with Gasteiger partial charge in [-0.3, -0.25) is 28.8 Å². The van der Waals surface area contributed by atoms with Gasteiger partial charge in [-0.1, -0.05) is 65.3 Å². The van der Waals surface area contributed by atoms with E-state index in [0.717, 1.165) is 24.0 Å². The van der Waals surface area contributed by atoms with Gasteiger partial charge in [0.25, 0.3) is 5.91 Å². The fraction of sp³-hybridized carbons (Fsp3) is 0.683. The number of nitrogens with zero attached hydrogens (tertiary/aromatic N) is 2. The molecule has 1 saturated carbocycles. The van der Waals surface area contributed by atoms with Gasteiger partial charge in [0.15, 0.2) is 6.10 Å². The van der Waals surface area contributed by atoms with Gasteiger partial charge in [-0.25, -0.2) is 4.79 Å². The predicted molar refractivity (Wildman–Crippen MR) is 211 cm³/mol. The molecule has 0 spiro atoms. The van der Waals surface area contributed by atoms with Crippen LogP contribution in [-0.4, -0.2) is 119 Å². The molecule has 2 fully saturated rings. The predicted octanol–water partition coefficient (Wildman–Crippen LogP) is 1.66. The minimum Gasteiger partial charge on any atom is -0.444 e. The summed E-state index contributed by atoms with van der Waals surface area (Å²) in [4.78, 5) is 96.0. The van der Waals surface area contributed by atoms with Gasteiger partial charge in [0.2, 0.25) is 29.5 Å². The van der Waals surface area contributed by atoms with Crippen LogP contribution < -0.4 is 26.6 Å². The van der Waals surface area contributed by atoms with E-state index in [1.54, 1.807) is 39.6 Å². The Hall–Kier alpha value is -4.73. The third kappa shape index (κ3) is 12.9. The molecule has 57 heavy (non-hydrogen) atoms. The zero-order valence-electron chi connectivity index (χ0n) is 34.3. The summed E-state index contributed by atoms with van der Waals surface area (Å²) in [6.45, 7) is 9.58. The van der Waals surface area contributed by atoms with E-state index in [2.05, 4.69) is 26.6 Å². The maximum atomic E-state index is 14.5. The average Bonchev–Trinajstić information content (AvgIpc) is 3.90. The molecule has 316 valence electrons. The van der Waals surface area contributed by atoms with Crippen LogP contribution >= 0.6 is 0 Å². The second-order valence-corrected chi connectivity index (χ2v) is 16.2. The van der Waals surface area contributed by atoms with Crippen LogP contribution in [0.5, 0.6) is 0 Å². The SMILES string of the molecule is CCCC(NC(=O)[C@@H]1CC(OC(=O)N2CCc3ccccc3C2)CN1C(=O)[C@@H](NC(=O)[C@@H](NC(=O)CCCCC(=O)NC)C(C)C)C(C)C)C(O)C(=O)NC1CC1. The van der Waals surface area contributed by atoms with Crippen LogP contribution in [0.3, 0.4) is 0 Å². The summed E-state index contributed by atoms with van der Waals surface area (Å²) in [6.07, 6.45) is 1.52. The number of fused-ring (bicyclic) bond motifs is 1. The Kier molecular flexibility index (Phi) is 16.7. The molecule has 3 unspecified atom stereocenters. The molecule has 3 aliphatic rings. The highest BCUT2D eigenvalue weighted by molar-refractivity contribution is 5.95. The monoisotopic (exact) mass is 797 g/mol. The van der Waals surface area contributed by atoms with Crippen LogP contribution in [0.1, 0.15) is 104 Å². The van der Waals surface area contributed by atoms with Gasteiger partial charge in [-0.15, -0.1) is 0 Å². The lowest BCUT2D eigenvalue weighted by Gasteiger charge is -2.33. The van der Waals surface area contributed by atoms with Crippen LogP contribution in [-0.2, 0) is 46.5 Å². The number of unbranched alkanes of at least 4 members (excludes halogenated alkanes) is 1. The van der Waals surface area contributed by atoms with Crippen molar-refractivity contribution in [3.8, 4) is 0 Å².